The van der Waals surface area contributed by atoms with E-state index >= 15 is 0 Å². The van der Waals surface area contributed by atoms with Crippen LogP contribution in [-0.2, 0) is 6.42 Å². The fourth-order valence-corrected chi connectivity index (χ4v) is 3.01. The first kappa shape index (κ1) is 17.1. The van der Waals surface area contributed by atoms with Crippen molar-refractivity contribution in [3.63, 3.8) is 0 Å². The molecule has 0 aliphatic heterocycles. The predicted molar refractivity (Wildman–Crippen MR) is 97.3 cm³/mol. The number of hydrogen-bond donors (Lipinski definition) is 2. The van der Waals surface area contributed by atoms with Crippen molar-refractivity contribution < 1.29 is 9.18 Å². The number of carbonyl (C=O) groups excluding carboxylic acids is 1. The lowest BCUT2D eigenvalue weighted by Crippen LogP contribution is -2.31. The molecule has 138 valence electrons. The topological polar surface area (TPSA) is 96.8 Å². The van der Waals surface area contributed by atoms with Crippen molar-refractivity contribution >= 4 is 16.9 Å². The monoisotopic (exact) mass is 368 g/mol. The number of pyridine rings is 1. The van der Waals surface area contributed by atoms with Gasteiger partial charge in [-0.05, 0) is 43.0 Å². The van der Waals surface area contributed by atoms with Crippen LogP contribution >= 0.6 is 0 Å². The smallest absolute Gasteiger partial charge is 0.330 e. The van der Waals surface area contributed by atoms with E-state index < -0.39 is 11.2 Å². The molecule has 1 aliphatic carbocycles. The zero-order valence-corrected chi connectivity index (χ0v) is 14.4. The molecule has 2 N–H and O–H groups in total. The highest BCUT2D eigenvalue weighted by Gasteiger charge is 2.27. The molecule has 1 saturated carbocycles. The van der Waals surface area contributed by atoms with Crippen molar-refractivity contribution in [3.8, 4) is 0 Å². The maximum Gasteiger partial charge on any atom is 0.330 e. The summed E-state index contributed by atoms with van der Waals surface area (Å²) < 4.78 is 14.4. The Balaban J connectivity index is 1.53. The number of H-pyrrole nitrogens is 1. The third-order valence-electron chi connectivity index (χ3n) is 4.57. The Hall–Kier alpha value is -3.29. The van der Waals surface area contributed by atoms with Crippen LogP contribution in [0.5, 0.6) is 0 Å². The Bertz CT molecular complexity index is 1130. The summed E-state index contributed by atoms with van der Waals surface area (Å²) in [6.07, 6.45) is 3.66. The van der Waals surface area contributed by atoms with Gasteiger partial charge in [0.15, 0.2) is 0 Å². The molecule has 1 fully saturated rings. The Labute approximate surface area is 152 Å². The fraction of sp³-hybridized carbons (Fsp3) is 0.263. The molecule has 2 aromatic heterocycles. The lowest BCUT2D eigenvalue weighted by Gasteiger charge is -2.09. The number of hydrogen-bond acceptors (Lipinski definition) is 4. The van der Waals surface area contributed by atoms with Gasteiger partial charge < -0.3 is 5.32 Å². The van der Waals surface area contributed by atoms with Crippen molar-refractivity contribution in [2.75, 3.05) is 6.54 Å². The molecule has 1 aromatic carbocycles. The van der Waals surface area contributed by atoms with Gasteiger partial charge in [0, 0.05) is 18.8 Å². The first-order chi connectivity index (χ1) is 13.0. The lowest BCUT2D eigenvalue weighted by atomic mass is 10.1. The first-order valence-electron chi connectivity index (χ1n) is 8.70. The van der Waals surface area contributed by atoms with Gasteiger partial charge >= 0.3 is 5.69 Å². The number of aromatic amines is 1. The molecule has 4 rings (SSSR count). The molecular formula is C19H17FN4O3. The van der Waals surface area contributed by atoms with Crippen LogP contribution < -0.4 is 16.6 Å². The number of halogens is 1. The standard InChI is InChI=1S/C19H17FN4O3/c20-13-3-1-11(2-4-13)7-8-21-17(25)12-9-15-16(22-10-12)24(14-5-6-14)19(27)23-18(15)26/h1-4,9-10,14H,5-8H2,(H,21,25)(H,23,26,27). The normalized spacial score (nSPS) is 13.7. The van der Waals surface area contributed by atoms with E-state index in [0.29, 0.717) is 18.6 Å². The maximum absolute atomic E-state index is 12.9. The second-order valence-electron chi connectivity index (χ2n) is 6.59. The molecule has 0 atom stereocenters. The SMILES string of the molecule is O=C(NCCc1ccc(F)cc1)c1cnc2c(c1)c(=O)[nH]c(=O)n2C1CC1. The van der Waals surface area contributed by atoms with E-state index in [2.05, 4.69) is 15.3 Å². The maximum atomic E-state index is 12.9. The van der Waals surface area contributed by atoms with Crippen LogP contribution in [0.2, 0.25) is 0 Å². The minimum Gasteiger partial charge on any atom is -0.352 e. The van der Waals surface area contributed by atoms with E-state index in [1.54, 1.807) is 12.1 Å². The Morgan fingerprint density at radius 2 is 2.00 bits per heavy atom. The van der Waals surface area contributed by atoms with Gasteiger partial charge in [-0.25, -0.2) is 14.2 Å². The number of aromatic nitrogens is 3. The second kappa shape index (κ2) is 6.79. The van der Waals surface area contributed by atoms with Gasteiger partial charge in [-0.2, -0.15) is 0 Å². The predicted octanol–water partition coefficient (Wildman–Crippen LogP) is 1.53. The van der Waals surface area contributed by atoms with Crippen LogP contribution in [-0.4, -0.2) is 27.0 Å². The van der Waals surface area contributed by atoms with Gasteiger partial charge in [-0.3, -0.25) is 19.1 Å². The average Bonchev–Trinajstić information content (AvgIpc) is 3.48. The summed E-state index contributed by atoms with van der Waals surface area (Å²) in [7, 11) is 0. The van der Waals surface area contributed by atoms with Gasteiger partial charge in [0.2, 0.25) is 0 Å². The van der Waals surface area contributed by atoms with E-state index in [4.69, 9.17) is 0 Å². The highest BCUT2D eigenvalue weighted by molar-refractivity contribution is 5.96. The fourth-order valence-electron chi connectivity index (χ4n) is 3.01. The van der Waals surface area contributed by atoms with Crippen LogP contribution in [0.15, 0.2) is 46.1 Å². The summed E-state index contributed by atoms with van der Waals surface area (Å²) in [4.78, 5) is 43.0. The molecule has 3 aromatic rings. The van der Waals surface area contributed by atoms with Gasteiger partial charge in [0.1, 0.15) is 11.5 Å². The quantitative estimate of drug-likeness (QED) is 0.714. The molecular weight excluding hydrogens is 351 g/mol. The summed E-state index contributed by atoms with van der Waals surface area (Å²) in [6.45, 7) is 0.362. The molecule has 0 radical (unpaired) electrons. The summed E-state index contributed by atoms with van der Waals surface area (Å²) in [5.74, 6) is -0.671. The largest absolute Gasteiger partial charge is 0.352 e. The van der Waals surface area contributed by atoms with Gasteiger partial charge in [0.25, 0.3) is 11.5 Å². The average molecular weight is 368 g/mol. The van der Waals surface area contributed by atoms with Crippen molar-refractivity contribution in [1.82, 2.24) is 19.9 Å². The van der Waals surface area contributed by atoms with E-state index in [0.717, 1.165) is 18.4 Å². The molecule has 0 spiro atoms. The van der Waals surface area contributed by atoms with Crippen LogP contribution in [0, 0.1) is 5.82 Å². The van der Waals surface area contributed by atoms with Gasteiger partial charge in [0.05, 0.1) is 10.9 Å². The number of rotatable bonds is 5. The summed E-state index contributed by atoms with van der Waals surface area (Å²) >= 11 is 0. The third-order valence-corrected chi connectivity index (χ3v) is 4.57. The van der Waals surface area contributed by atoms with E-state index in [-0.39, 0.29) is 28.7 Å². The minimum absolute atomic E-state index is 0.0553. The van der Waals surface area contributed by atoms with E-state index in [1.807, 2.05) is 0 Å². The number of benzene rings is 1. The van der Waals surface area contributed by atoms with Crippen molar-refractivity contribution in [3.05, 3.63) is 74.3 Å². The first-order valence-corrected chi connectivity index (χ1v) is 8.70. The number of amides is 1. The lowest BCUT2D eigenvalue weighted by molar-refractivity contribution is 0.0954. The Morgan fingerprint density at radius 1 is 1.26 bits per heavy atom. The van der Waals surface area contributed by atoms with Crippen LogP contribution in [0.3, 0.4) is 0 Å². The molecule has 2 heterocycles. The zero-order chi connectivity index (χ0) is 19.0. The molecule has 0 bridgehead atoms. The second-order valence-corrected chi connectivity index (χ2v) is 6.59. The molecule has 1 amide bonds. The summed E-state index contributed by atoms with van der Waals surface area (Å²) in [6, 6.07) is 7.57. The molecule has 27 heavy (non-hydrogen) atoms. The van der Waals surface area contributed by atoms with Crippen molar-refractivity contribution in [2.24, 2.45) is 0 Å². The summed E-state index contributed by atoms with van der Waals surface area (Å²) in [5.41, 5.74) is 0.416. The number of nitrogens with zero attached hydrogens (tertiary/aromatic N) is 2. The highest BCUT2D eigenvalue weighted by atomic mass is 19.1. The van der Waals surface area contributed by atoms with Crippen LogP contribution in [0.1, 0.15) is 34.8 Å². The van der Waals surface area contributed by atoms with E-state index in [9.17, 15) is 18.8 Å². The zero-order valence-electron chi connectivity index (χ0n) is 14.4. The highest BCUT2D eigenvalue weighted by Crippen LogP contribution is 2.34. The Morgan fingerprint density at radius 3 is 2.70 bits per heavy atom. The van der Waals surface area contributed by atoms with Gasteiger partial charge in [-0.1, -0.05) is 12.1 Å². The van der Waals surface area contributed by atoms with E-state index in [1.165, 1.54) is 29.0 Å². The van der Waals surface area contributed by atoms with Crippen molar-refractivity contribution in [1.29, 1.82) is 0 Å². The molecule has 8 heteroatoms. The minimum atomic E-state index is -0.555. The molecule has 7 nitrogen and oxygen atoms in total. The molecule has 0 unspecified atom stereocenters. The molecule has 1 aliphatic rings. The summed E-state index contributed by atoms with van der Waals surface area (Å²) in [5, 5.41) is 2.97. The number of carbonyl (C=O) groups is 1. The van der Waals surface area contributed by atoms with Crippen LogP contribution in [0.4, 0.5) is 4.39 Å². The number of nitrogens with one attached hydrogen (secondary N) is 2. The number of fused-ring (bicyclic) bond motifs is 1. The van der Waals surface area contributed by atoms with Crippen LogP contribution in [0.25, 0.3) is 11.0 Å². The third kappa shape index (κ3) is 3.51. The van der Waals surface area contributed by atoms with Crippen molar-refractivity contribution in [2.45, 2.75) is 25.3 Å². The Kier molecular flexibility index (Phi) is 4.31. The van der Waals surface area contributed by atoms with Gasteiger partial charge in [-0.15, -0.1) is 0 Å². The molecule has 0 saturated heterocycles.